The Morgan fingerprint density at radius 2 is 1.46 bits per heavy atom. The molecule has 0 unspecified atom stereocenters. The molecular weight excluding hydrogens is 368 g/mol. The van der Waals surface area contributed by atoms with Crippen LogP contribution >= 0.6 is 0 Å². The average Bonchev–Trinajstić information content (AvgIpc) is 2.64. The quantitative estimate of drug-likeness (QED) is 0.210. The Labute approximate surface area is 165 Å². The van der Waals surface area contributed by atoms with Gasteiger partial charge in [-0.3, -0.25) is 4.74 Å². The van der Waals surface area contributed by atoms with Crippen LogP contribution in [-0.4, -0.2) is 12.0 Å². The second-order valence-corrected chi connectivity index (χ2v) is 7.49. The third kappa shape index (κ3) is 7.42. The van der Waals surface area contributed by atoms with Gasteiger partial charge in [0.05, 0.1) is 0 Å². The lowest BCUT2D eigenvalue weighted by atomic mass is 9.85. The van der Waals surface area contributed by atoms with Crippen molar-refractivity contribution in [1.29, 1.82) is 0 Å². The van der Waals surface area contributed by atoms with Crippen LogP contribution in [0, 0.1) is 5.82 Å². The van der Waals surface area contributed by atoms with Crippen molar-refractivity contribution in [2.45, 2.75) is 82.6 Å². The van der Waals surface area contributed by atoms with Gasteiger partial charge in [0, 0.05) is 5.92 Å². The van der Waals surface area contributed by atoms with Gasteiger partial charge in [-0.05, 0) is 24.5 Å². The topological polar surface area (TPSA) is 9.23 Å². The first-order valence-corrected chi connectivity index (χ1v) is 10.3. The third-order valence-electron chi connectivity index (χ3n) is 5.16. The molecule has 0 fully saturated rings. The molecule has 0 aliphatic heterocycles. The second kappa shape index (κ2) is 10.8. The summed E-state index contributed by atoms with van der Waals surface area (Å²) in [5.74, 6) is -0.751. The molecule has 0 amide bonds. The minimum Gasteiger partial charge on any atom is -0.277 e. The van der Waals surface area contributed by atoms with E-state index in [1.165, 1.54) is 43.9 Å². The summed E-state index contributed by atoms with van der Waals surface area (Å²) >= 11 is 0. The number of ether oxygens (including phenoxy) is 1. The van der Waals surface area contributed by atoms with Crippen LogP contribution in [0.2, 0.25) is 0 Å². The first-order valence-electron chi connectivity index (χ1n) is 10.3. The molecule has 5 heteroatoms. The Kier molecular flexibility index (Phi) is 8.74. The molecule has 0 saturated heterocycles. The van der Waals surface area contributed by atoms with Crippen LogP contribution in [0.15, 0.2) is 48.6 Å². The number of benzene rings is 1. The van der Waals surface area contributed by atoms with Crippen LogP contribution in [0.1, 0.15) is 76.2 Å². The fourth-order valence-corrected chi connectivity index (χ4v) is 3.64. The lowest BCUT2D eigenvalue weighted by molar-refractivity contribution is -0.351. The highest BCUT2D eigenvalue weighted by Gasteiger charge is 2.41. The summed E-state index contributed by atoms with van der Waals surface area (Å²) in [5, 5.41) is 0. The average molecular weight is 398 g/mol. The minimum atomic E-state index is -4.72. The maximum absolute atomic E-state index is 14.0. The molecule has 1 aromatic rings. The van der Waals surface area contributed by atoms with Gasteiger partial charge in [-0.1, -0.05) is 94.4 Å². The van der Waals surface area contributed by atoms with Gasteiger partial charge in [-0.15, -0.1) is 13.2 Å². The van der Waals surface area contributed by atoms with Crippen molar-refractivity contribution in [3.8, 4) is 0 Å². The van der Waals surface area contributed by atoms with Crippen molar-refractivity contribution in [2.75, 3.05) is 0 Å². The summed E-state index contributed by atoms with van der Waals surface area (Å²) in [4.78, 5) is 0. The van der Waals surface area contributed by atoms with E-state index in [-0.39, 0.29) is 18.2 Å². The van der Waals surface area contributed by atoms with Crippen LogP contribution in [0.4, 0.5) is 17.6 Å². The molecule has 1 aliphatic carbocycles. The van der Waals surface area contributed by atoms with E-state index in [4.69, 9.17) is 0 Å². The molecule has 0 bridgehead atoms. The van der Waals surface area contributed by atoms with Gasteiger partial charge in [0.2, 0.25) is 0 Å². The summed E-state index contributed by atoms with van der Waals surface area (Å²) in [6.07, 6.45) is 10.2. The minimum absolute atomic E-state index is 0.262. The van der Waals surface area contributed by atoms with Crippen molar-refractivity contribution in [1.82, 2.24) is 0 Å². The van der Waals surface area contributed by atoms with E-state index in [9.17, 15) is 17.6 Å². The van der Waals surface area contributed by atoms with Gasteiger partial charge in [0.25, 0.3) is 0 Å². The molecule has 2 rings (SSSR count). The van der Waals surface area contributed by atoms with Crippen molar-refractivity contribution >= 4 is 0 Å². The zero-order valence-electron chi connectivity index (χ0n) is 16.5. The molecular formula is C23H30F4O. The highest BCUT2D eigenvalue weighted by atomic mass is 19.4. The number of allylic oxidation sites excluding steroid dienone is 2. The summed E-state index contributed by atoms with van der Waals surface area (Å²) < 4.78 is 57.3. The van der Waals surface area contributed by atoms with Crippen molar-refractivity contribution in [2.24, 2.45) is 0 Å². The summed E-state index contributed by atoms with van der Waals surface area (Å²) in [5.41, 5.74) is -1.05. The molecule has 1 aliphatic rings. The largest absolute Gasteiger partial charge is 0.523 e. The van der Waals surface area contributed by atoms with Gasteiger partial charge in [-0.2, -0.15) is 0 Å². The lowest BCUT2D eigenvalue weighted by Gasteiger charge is -2.32. The number of hydrogen-bond acceptors (Lipinski definition) is 1. The number of rotatable bonds is 11. The Morgan fingerprint density at radius 1 is 0.893 bits per heavy atom. The molecule has 0 radical (unpaired) electrons. The number of halogens is 4. The van der Waals surface area contributed by atoms with Crippen LogP contribution < -0.4 is 0 Å². The fraction of sp³-hybridized carbons (Fsp3) is 0.565. The molecule has 1 nitrogen and oxygen atoms in total. The van der Waals surface area contributed by atoms with Gasteiger partial charge in [-0.25, -0.2) is 4.39 Å². The number of alkyl halides is 3. The standard InChI is InChI=1S/C23H30F4O/c1-2-3-4-5-6-7-8-11-16-22(28-23(25,26)27)17-14-19(15-18-22)20-12-9-10-13-21(20)24/h9-10,12-15,17-19H,2-8,11,16H2,1H3. The molecule has 1 aromatic carbocycles. The maximum atomic E-state index is 14.0. The predicted octanol–water partition coefficient (Wildman–Crippen LogP) is 7.84. The summed E-state index contributed by atoms with van der Waals surface area (Å²) in [6.45, 7) is 2.17. The normalized spacial score (nSPS) is 22.0. The van der Waals surface area contributed by atoms with Crippen LogP contribution in [-0.2, 0) is 4.74 Å². The van der Waals surface area contributed by atoms with Gasteiger partial charge in [0.1, 0.15) is 11.4 Å². The molecule has 0 atom stereocenters. The van der Waals surface area contributed by atoms with E-state index in [1.54, 1.807) is 30.4 Å². The zero-order valence-corrected chi connectivity index (χ0v) is 16.5. The van der Waals surface area contributed by atoms with E-state index in [0.717, 1.165) is 19.3 Å². The third-order valence-corrected chi connectivity index (χ3v) is 5.16. The van der Waals surface area contributed by atoms with E-state index < -0.39 is 12.0 Å². The smallest absolute Gasteiger partial charge is 0.277 e. The van der Waals surface area contributed by atoms with E-state index in [1.807, 2.05) is 0 Å². The Balaban J connectivity index is 1.93. The van der Waals surface area contributed by atoms with E-state index >= 15 is 0 Å². The highest BCUT2D eigenvalue weighted by molar-refractivity contribution is 5.36. The predicted molar refractivity (Wildman–Crippen MR) is 105 cm³/mol. The van der Waals surface area contributed by atoms with E-state index in [0.29, 0.717) is 12.0 Å². The number of unbranched alkanes of at least 4 members (excludes halogenated alkanes) is 7. The Bertz CT molecular complexity index is 634. The highest BCUT2D eigenvalue weighted by Crippen LogP contribution is 2.37. The molecule has 156 valence electrons. The molecule has 0 saturated carbocycles. The van der Waals surface area contributed by atoms with Crippen molar-refractivity contribution < 1.29 is 22.3 Å². The maximum Gasteiger partial charge on any atom is 0.523 e. The monoisotopic (exact) mass is 398 g/mol. The van der Waals surface area contributed by atoms with Crippen LogP contribution in [0.25, 0.3) is 0 Å². The number of hydrogen-bond donors (Lipinski definition) is 0. The second-order valence-electron chi connectivity index (χ2n) is 7.49. The first kappa shape index (κ1) is 22.7. The summed E-state index contributed by atoms with van der Waals surface area (Å²) in [7, 11) is 0. The molecule has 0 spiro atoms. The van der Waals surface area contributed by atoms with Crippen molar-refractivity contribution in [3.05, 3.63) is 60.0 Å². The van der Waals surface area contributed by atoms with Crippen LogP contribution in [0.5, 0.6) is 0 Å². The molecule has 0 aromatic heterocycles. The van der Waals surface area contributed by atoms with Crippen LogP contribution in [0.3, 0.4) is 0 Å². The van der Waals surface area contributed by atoms with E-state index in [2.05, 4.69) is 11.7 Å². The molecule has 28 heavy (non-hydrogen) atoms. The first-order chi connectivity index (χ1) is 13.4. The fourth-order valence-electron chi connectivity index (χ4n) is 3.64. The van der Waals surface area contributed by atoms with Gasteiger partial charge < -0.3 is 0 Å². The van der Waals surface area contributed by atoms with Crippen molar-refractivity contribution in [3.63, 3.8) is 0 Å². The lowest BCUT2D eigenvalue weighted by Crippen LogP contribution is -2.36. The molecule has 0 heterocycles. The SMILES string of the molecule is CCCCCCCCCCC1(OC(F)(F)F)C=CC(c2ccccc2F)C=C1. The molecule has 0 N–H and O–H groups in total. The van der Waals surface area contributed by atoms with Gasteiger partial charge >= 0.3 is 6.36 Å². The van der Waals surface area contributed by atoms with Gasteiger partial charge in [0.15, 0.2) is 0 Å². The Hall–Kier alpha value is -1.62. The zero-order chi connectivity index (χ0) is 20.5. The Morgan fingerprint density at radius 3 is 2.04 bits per heavy atom. The summed E-state index contributed by atoms with van der Waals surface area (Å²) in [6, 6.07) is 6.31.